The van der Waals surface area contributed by atoms with Crippen molar-refractivity contribution in [1.29, 1.82) is 0 Å². The minimum atomic E-state index is 0.580. The summed E-state index contributed by atoms with van der Waals surface area (Å²) in [6, 6.07) is 14.7. The average molecular weight is 280 g/mol. The summed E-state index contributed by atoms with van der Waals surface area (Å²) in [5.41, 5.74) is 2.16. The Bertz CT molecular complexity index is 538. The molecule has 2 rings (SSSR count). The largest absolute Gasteiger partial charge is 0.497 e. The molecule has 0 bridgehead atoms. The van der Waals surface area contributed by atoms with Crippen LogP contribution < -0.4 is 4.74 Å². The second-order valence-corrected chi connectivity index (χ2v) is 4.75. The molecule has 0 saturated carbocycles. The van der Waals surface area contributed by atoms with E-state index in [1.54, 1.807) is 19.2 Å². The van der Waals surface area contributed by atoms with Gasteiger partial charge in [0.1, 0.15) is 5.75 Å². The smallest absolute Gasteiger partial charge is 0.119 e. The van der Waals surface area contributed by atoms with Crippen LogP contribution in [0.5, 0.6) is 5.75 Å². The Balaban J connectivity index is 2.09. The Morgan fingerprint density at radius 2 is 2.00 bits per heavy atom. The van der Waals surface area contributed by atoms with Gasteiger partial charge in [-0.1, -0.05) is 41.4 Å². The molecule has 0 spiro atoms. The number of aryl methyl sites for hydroxylation is 2. The SMILES string of the molecule is COc1cccc(CCc2[c]ccc(Cl)c2Cl)c1. The van der Waals surface area contributed by atoms with Crippen molar-refractivity contribution in [2.45, 2.75) is 12.8 Å². The summed E-state index contributed by atoms with van der Waals surface area (Å²) in [4.78, 5) is 0. The van der Waals surface area contributed by atoms with Crippen LogP contribution in [0.2, 0.25) is 10.0 Å². The van der Waals surface area contributed by atoms with Crippen molar-refractivity contribution in [3.8, 4) is 5.75 Å². The van der Waals surface area contributed by atoms with Gasteiger partial charge in [0.2, 0.25) is 0 Å². The Morgan fingerprint density at radius 3 is 2.78 bits per heavy atom. The van der Waals surface area contributed by atoms with Crippen molar-refractivity contribution in [3.63, 3.8) is 0 Å². The zero-order valence-electron chi connectivity index (χ0n) is 10.0. The highest BCUT2D eigenvalue weighted by Gasteiger charge is 2.05. The lowest BCUT2D eigenvalue weighted by atomic mass is 10.0. The number of ether oxygens (including phenoxy) is 1. The number of benzene rings is 2. The van der Waals surface area contributed by atoms with Gasteiger partial charge in [-0.15, -0.1) is 0 Å². The molecule has 3 heteroatoms. The summed E-state index contributed by atoms with van der Waals surface area (Å²) in [5.74, 6) is 0.869. The molecule has 0 aliphatic carbocycles. The second kappa shape index (κ2) is 6.12. The Kier molecular flexibility index (Phi) is 4.51. The van der Waals surface area contributed by atoms with Gasteiger partial charge in [-0.05, 0) is 48.2 Å². The first kappa shape index (κ1) is 13.3. The zero-order chi connectivity index (χ0) is 13.0. The molecule has 0 aromatic heterocycles. The molecule has 93 valence electrons. The lowest BCUT2D eigenvalue weighted by Crippen LogP contribution is -1.94. The molecule has 1 nitrogen and oxygen atoms in total. The fourth-order valence-corrected chi connectivity index (χ4v) is 2.16. The van der Waals surface area contributed by atoms with Gasteiger partial charge in [0, 0.05) is 0 Å². The number of methoxy groups -OCH3 is 1. The molecule has 0 unspecified atom stereocenters. The molecule has 0 atom stereocenters. The zero-order valence-corrected chi connectivity index (χ0v) is 11.6. The molecule has 0 fully saturated rings. The first-order chi connectivity index (χ1) is 8.70. The van der Waals surface area contributed by atoms with Gasteiger partial charge >= 0.3 is 0 Å². The topological polar surface area (TPSA) is 9.23 Å². The van der Waals surface area contributed by atoms with Crippen molar-refractivity contribution >= 4 is 23.2 Å². The van der Waals surface area contributed by atoms with Crippen LogP contribution in [-0.4, -0.2) is 7.11 Å². The van der Waals surface area contributed by atoms with Gasteiger partial charge in [-0.3, -0.25) is 0 Å². The van der Waals surface area contributed by atoms with E-state index >= 15 is 0 Å². The van der Waals surface area contributed by atoms with Crippen molar-refractivity contribution in [1.82, 2.24) is 0 Å². The summed E-state index contributed by atoms with van der Waals surface area (Å²) in [6.07, 6.45) is 1.69. The summed E-state index contributed by atoms with van der Waals surface area (Å²) in [6.45, 7) is 0. The number of hydrogen-bond acceptors (Lipinski definition) is 1. The lowest BCUT2D eigenvalue weighted by Gasteiger charge is -2.06. The third-order valence-corrected chi connectivity index (χ3v) is 3.60. The van der Waals surface area contributed by atoms with Crippen LogP contribution in [0, 0.1) is 6.07 Å². The van der Waals surface area contributed by atoms with E-state index in [0.717, 1.165) is 24.2 Å². The number of rotatable bonds is 4. The molecule has 0 saturated heterocycles. The van der Waals surface area contributed by atoms with Crippen molar-refractivity contribution in [2.75, 3.05) is 7.11 Å². The van der Waals surface area contributed by atoms with E-state index in [-0.39, 0.29) is 0 Å². The number of hydrogen-bond donors (Lipinski definition) is 0. The summed E-state index contributed by atoms with van der Waals surface area (Å²) >= 11 is 12.1. The molecule has 0 aliphatic heterocycles. The average Bonchev–Trinajstić information content (AvgIpc) is 2.41. The molecule has 0 amide bonds. The molecule has 1 radical (unpaired) electrons. The van der Waals surface area contributed by atoms with Crippen LogP contribution in [0.1, 0.15) is 11.1 Å². The standard InChI is InChI=1S/C15H13Cl2O/c1-18-13-6-2-4-11(10-13)8-9-12-5-3-7-14(16)15(12)17/h2-4,6-7,10H,8-9H2,1H3. The summed E-state index contributed by atoms with van der Waals surface area (Å²) in [5, 5.41) is 1.18. The van der Waals surface area contributed by atoms with Crippen molar-refractivity contribution in [3.05, 3.63) is 63.6 Å². The van der Waals surface area contributed by atoms with E-state index in [0.29, 0.717) is 10.0 Å². The predicted octanol–water partition coefficient (Wildman–Crippen LogP) is 4.59. The predicted molar refractivity (Wildman–Crippen MR) is 75.7 cm³/mol. The van der Waals surface area contributed by atoms with Crippen LogP contribution in [-0.2, 0) is 12.8 Å². The molecule has 18 heavy (non-hydrogen) atoms. The van der Waals surface area contributed by atoms with Gasteiger partial charge in [-0.25, -0.2) is 0 Å². The molecule has 0 N–H and O–H groups in total. The monoisotopic (exact) mass is 279 g/mol. The maximum absolute atomic E-state index is 6.13. The minimum absolute atomic E-state index is 0.580. The molecular weight excluding hydrogens is 267 g/mol. The maximum Gasteiger partial charge on any atom is 0.119 e. The van der Waals surface area contributed by atoms with Crippen LogP contribution in [0.3, 0.4) is 0 Å². The normalized spacial score (nSPS) is 10.4. The van der Waals surface area contributed by atoms with Crippen molar-refractivity contribution in [2.24, 2.45) is 0 Å². The minimum Gasteiger partial charge on any atom is -0.497 e. The third-order valence-electron chi connectivity index (χ3n) is 2.76. The van der Waals surface area contributed by atoms with E-state index in [2.05, 4.69) is 12.1 Å². The quantitative estimate of drug-likeness (QED) is 0.796. The maximum atomic E-state index is 6.13. The summed E-state index contributed by atoms with van der Waals surface area (Å²) < 4.78 is 5.19. The fourth-order valence-electron chi connectivity index (χ4n) is 1.78. The van der Waals surface area contributed by atoms with Gasteiger partial charge < -0.3 is 4.74 Å². The second-order valence-electron chi connectivity index (χ2n) is 3.97. The fraction of sp³-hybridized carbons (Fsp3) is 0.200. The summed E-state index contributed by atoms with van der Waals surface area (Å²) in [7, 11) is 1.67. The van der Waals surface area contributed by atoms with E-state index in [1.807, 2.05) is 18.2 Å². The highest BCUT2D eigenvalue weighted by atomic mass is 35.5. The molecule has 0 aliphatic rings. The Morgan fingerprint density at radius 1 is 1.17 bits per heavy atom. The van der Waals surface area contributed by atoms with Crippen LogP contribution in [0.4, 0.5) is 0 Å². The van der Waals surface area contributed by atoms with E-state index in [1.165, 1.54) is 5.56 Å². The molecule has 0 heterocycles. The van der Waals surface area contributed by atoms with Crippen LogP contribution in [0.25, 0.3) is 0 Å². The van der Waals surface area contributed by atoms with Gasteiger partial charge in [0.15, 0.2) is 0 Å². The third kappa shape index (κ3) is 3.18. The lowest BCUT2D eigenvalue weighted by molar-refractivity contribution is 0.414. The van der Waals surface area contributed by atoms with Gasteiger partial charge in [0.05, 0.1) is 17.2 Å². The Labute approximate surface area is 117 Å². The van der Waals surface area contributed by atoms with E-state index < -0.39 is 0 Å². The van der Waals surface area contributed by atoms with Crippen molar-refractivity contribution < 1.29 is 4.74 Å². The van der Waals surface area contributed by atoms with Crippen LogP contribution in [0.15, 0.2) is 36.4 Å². The van der Waals surface area contributed by atoms with Gasteiger partial charge in [0.25, 0.3) is 0 Å². The first-order valence-electron chi connectivity index (χ1n) is 5.68. The molecule has 2 aromatic carbocycles. The van der Waals surface area contributed by atoms with Gasteiger partial charge in [-0.2, -0.15) is 0 Å². The number of halogens is 2. The molecular formula is C15H13Cl2O. The molecule has 2 aromatic rings. The Hall–Kier alpha value is -1.18. The highest BCUT2D eigenvalue weighted by Crippen LogP contribution is 2.26. The van der Waals surface area contributed by atoms with E-state index in [4.69, 9.17) is 27.9 Å². The highest BCUT2D eigenvalue weighted by molar-refractivity contribution is 6.42. The van der Waals surface area contributed by atoms with Crippen LogP contribution >= 0.6 is 23.2 Å². The first-order valence-corrected chi connectivity index (χ1v) is 6.44. The van der Waals surface area contributed by atoms with E-state index in [9.17, 15) is 0 Å².